The lowest BCUT2D eigenvalue weighted by Gasteiger charge is -2.25. The lowest BCUT2D eigenvalue weighted by molar-refractivity contribution is -0.124. The Labute approximate surface area is 102 Å². The second kappa shape index (κ2) is 5.32. The normalized spacial score (nSPS) is 28.9. The van der Waals surface area contributed by atoms with Crippen LogP contribution >= 0.6 is 0 Å². The largest absolute Gasteiger partial charge is 0.380 e. The van der Waals surface area contributed by atoms with Crippen molar-refractivity contribution in [3.05, 3.63) is 0 Å². The Hall–Kier alpha value is -0.660. The fourth-order valence-corrected chi connectivity index (χ4v) is 4.06. The van der Waals surface area contributed by atoms with Gasteiger partial charge in [0.2, 0.25) is 5.91 Å². The highest BCUT2D eigenvalue weighted by molar-refractivity contribution is 7.91. The summed E-state index contributed by atoms with van der Waals surface area (Å²) in [6.07, 6.45) is 0.292. The Kier molecular flexibility index (Phi) is 4.51. The molecule has 0 aliphatic carbocycles. The van der Waals surface area contributed by atoms with E-state index >= 15 is 0 Å². The summed E-state index contributed by atoms with van der Waals surface area (Å²) >= 11 is 0. The van der Waals surface area contributed by atoms with Crippen LogP contribution in [0.15, 0.2) is 0 Å². The third-order valence-corrected chi connectivity index (χ3v) is 4.86. The fraction of sp³-hybridized carbons (Fsp3) is 0.900. The minimum Gasteiger partial charge on any atom is -0.380 e. The molecular weight excluding hydrogens is 244 g/mol. The molecule has 0 aromatic carbocycles. The van der Waals surface area contributed by atoms with Crippen LogP contribution in [-0.4, -0.2) is 51.1 Å². The number of amides is 1. The highest BCUT2D eigenvalue weighted by Gasteiger charge is 2.39. The predicted octanol–water partition coefficient (Wildman–Crippen LogP) is -0.956. The average molecular weight is 264 g/mol. The first-order chi connectivity index (χ1) is 7.80. The van der Waals surface area contributed by atoms with Crippen LogP contribution in [0.25, 0.3) is 0 Å². The van der Waals surface area contributed by atoms with Gasteiger partial charge in [0.1, 0.15) is 0 Å². The van der Waals surface area contributed by atoms with Crippen molar-refractivity contribution in [3.8, 4) is 0 Å². The Morgan fingerprint density at radius 3 is 2.65 bits per heavy atom. The van der Waals surface area contributed by atoms with Crippen LogP contribution in [-0.2, 0) is 19.4 Å². The highest BCUT2D eigenvalue weighted by Crippen LogP contribution is 2.22. The van der Waals surface area contributed by atoms with E-state index in [9.17, 15) is 13.2 Å². The Balaban J connectivity index is 2.52. The number of carbonyl (C=O) groups excluding carboxylic acids is 1. The van der Waals surface area contributed by atoms with Gasteiger partial charge in [0.05, 0.1) is 29.6 Å². The minimum absolute atomic E-state index is 0.00597. The van der Waals surface area contributed by atoms with Crippen LogP contribution in [0.2, 0.25) is 0 Å². The van der Waals surface area contributed by atoms with Gasteiger partial charge in [-0.3, -0.25) is 4.79 Å². The van der Waals surface area contributed by atoms with Gasteiger partial charge in [-0.15, -0.1) is 0 Å². The van der Waals surface area contributed by atoms with Gasteiger partial charge in [0, 0.05) is 13.7 Å². The van der Waals surface area contributed by atoms with Crippen molar-refractivity contribution in [1.29, 1.82) is 0 Å². The van der Waals surface area contributed by atoms with Gasteiger partial charge in [-0.1, -0.05) is 0 Å². The zero-order chi connectivity index (χ0) is 13.1. The molecule has 1 aliphatic rings. The topological polar surface area (TPSA) is 98.5 Å². The maximum atomic E-state index is 11.7. The van der Waals surface area contributed by atoms with Crippen molar-refractivity contribution in [1.82, 2.24) is 5.32 Å². The number of sulfone groups is 1. The quantitative estimate of drug-likeness (QED) is 0.666. The minimum atomic E-state index is -3.01. The maximum absolute atomic E-state index is 11.7. The summed E-state index contributed by atoms with van der Waals surface area (Å²) in [4.78, 5) is 11.7. The summed E-state index contributed by atoms with van der Waals surface area (Å²) in [5.41, 5.74) is 4.76. The molecule has 0 saturated carbocycles. The van der Waals surface area contributed by atoms with E-state index in [0.717, 1.165) is 0 Å². The van der Waals surface area contributed by atoms with Gasteiger partial charge in [-0.05, 0) is 13.3 Å². The van der Waals surface area contributed by atoms with Crippen molar-refractivity contribution >= 4 is 15.7 Å². The molecule has 17 heavy (non-hydrogen) atoms. The Bertz CT molecular complexity index is 378. The molecule has 0 aromatic heterocycles. The number of ether oxygens (including phenoxy) is 1. The van der Waals surface area contributed by atoms with E-state index in [-0.39, 0.29) is 36.5 Å². The summed E-state index contributed by atoms with van der Waals surface area (Å²) in [6, 6.07) is 0. The molecule has 1 amide bonds. The molecule has 0 bridgehead atoms. The molecule has 0 radical (unpaired) electrons. The molecule has 1 aliphatic heterocycles. The van der Waals surface area contributed by atoms with E-state index in [0.29, 0.717) is 6.42 Å². The summed E-state index contributed by atoms with van der Waals surface area (Å²) < 4.78 is 27.7. The number of methoxy groups -OCH3 is 1. The van der Waals surface area contributed by atoms with Crippen LogP contribution in [0.3, 0.4) is 0 Å². The van der Waals surface area contributed by atoms with Gasteiger partial charge >= 0.3 is 0 Å². The summed E-state index contributed by atoms with van der Waals surface area (Å²) in [5, 5.41) is 2.76. The molecule has 2 unspecified atom stereocenters. The standard InChI is InChI=1S/C10H20N2O4S/c1-10(3-4-17(14,15)7-10)12-9(13)5-8(6-11)16-2/h8H,3-7,11H2,1-2H3,(H,12,13). The van der Waals surface area contributed by atoms with E-state index in [4.69, 9.17) is 10.5 Å². The van der Waals surface area contributed by atoms with Crippen molar-refractivity contribution < 1.29 is 17.9 Å². The van der Waals surface area contributed by atoms with Gasteiger partial charge in [-0.2, -0.15) is 0 Å². The number of hydrogen-bond donors (Lipinski definition) is 2. The molecule has 2 atom stereocenters. The zero-order valence-corrected chi connectivity index (χ0v) is 11.0. The Morgan fingerprint density at radius 1 is 1.59 bits per heavy atom. The smallest absolute Gasteiger partial charge is 0.223 e. The monoisotopic (exact) mass is 264 g/mol. The van der Waals surface area contributed by atoms with E-state index in [1.165, 1.54) is 7.11 Å². The average Bonchev–Trinajstić information content (AvgIpc) is 2.49. The lowest BCUT2D eigenvalue weighted by atomic mass is 10.0. The predicted molar refractivity (Wildman–Crippen MR) is 64.3 cm³/mol. The number of hydrogen-bond acceptors (Lipinski definition) is 5. The van der Waals surface area contributed by atoms with Crippen LogP contribution < -0.4 is 11.1 Å². The molecule has 1 heterocycles. The summed E-state index contributed by atoms with van der Waals surface area (Å²) in [7, 11) is -1.52. The number of carbonyl (C=O) groups is 1. The first-order valence-corrected chi connectivity index (χ1v) is 7.37. The zero-order valence-electron chi connectivity index (χ0n) is 10.2. The maximum Gasteiger partial charge on any atom is 0.223 e. The van der Waals surface area contributed by atoms with Gasteiger partial charge in [-0.25, -0.2) is 8.42 Å². The second-order valence-corrected chi connectivity index (χ2v) is 6.93. The van der Waals surface area contributed by atoms with E-state index in [2.05, 4.69) is 5.32 Å². The van der Waals surface area contributed by atoms with E-state index < -0.39 is 15.4 Å². The first kappa shape index (κ1) is 14.4. The van der Waals surface area contributed by atoms with Gasteiger partial charge in [0.15, 0.2) is 9.84 Å². The molecule has 100 valence electrons. The number of rotatable bonds is 5. The molecule has 1 rings (SSSR count). The third kappa shape index (κ3) is 4.25. The Morgan fingerprint density at radius 2 is 2.24 bits per heavy atom. The molecule has 3 N–H and O–H groups in total. The summed E-state index contributed by atoms with van der Waals surface area (Å²) in [6.45, 7) is 2.01. The molecule has 1 fully saturated rings. The SMILES string of the molecule is COC(CN)CC(=O)NC1(C)CCS(=O)(=O)C1. The molecule has 0 aromatic rings. The number of nitrogens with two attached hydrogens (primary N) is 1. The van der Waals surface area contributed by atoms with Gasteiger partial charge < -0.3 is 15.8 Å². The number of nitrogens with one attached hydrogen (secondary N) is 1. The van der Waals surface area contributed by atoms with E-state index in [1.807, 2.05) is 0 Å². The van der Waals surface area contributed by atoms with Crippen molar-refractivity contribution in [2.75, 3.05) is 25.2 Å². The van der Waals surface area contributed by atoms with Gasteiger partial charge in [0.25, 0.3) is 0 Å². The molecular formula is C10H20N2O4S. The molecule has 6 nitrogen and oxygen atoms in total. The lowest BCUT2D eigenvalue weighted by Crippen LogP contribution is -2.48. The fourth-order valence-electron chi connectivity index (χ4n) is 1.97. The molecule has 0 spiro atoms. The van der Waals surface area contributed by atoms with Crippen LogP contribution in [0, 0.1) is 0 Å². The van der Waals surface area contributed by atoms with Crippen molar-refractivity contribution in [2.45, 2.75) is 31.4 Å². The van der Waals surface area contributed by atoms with Crippen LogP contribution in [0.5, 0.6) is 0 Å². The van der Waals surface area contributed by atoms with Crippen LogP contribution in [0.4, 0.5) is 0 Å². The first-order valence-electron chi connectivity index (χ1n) is 5.54. The van der Waals surface area contributed by atoms with E-state index in [1.54, 1.807) is 6.92 Å². The molecule has 1 saturated heterocycles. The summed E-state index contributed by atoms with van der Waals surface area (Å²) in [5.74, 6) is -0.0812. The highest BCUT2D eigenvalue weighted by atomic mass is 32.2. The second-order valence-electron chi connectivity index (χ2n) is 4.75. The van der Waals surface area contributed by atoms with Crippen molar-refractivity contribution in [2.24, 2.45) is 5.73 Å². The molecule has 7 heteroatoms. The van der Waals surface area contributed by atoms with Crippen LogP contribution in [0.1, 0.15) is 19.8 Å². The van der Waals surface area contributed by atoms with Crippen molar-refractivity contribution in [3.63, 3.8) is 0 Å². The third-order valence-electron chi connectivity index (χ3n) is 2.95.